The molecule has 1 fully saturated rings. The van der Waals surface area contributed by atoms with Gasteiger partial charge in [-0.15, -0.1) is 16.9 Å². The van der Waals surface area contributed by atoms with E-state index in [4.69, 9.17) is 0 Å². The first-order valence-electron chi connectivity index (χ1n) is 8.75. The van der Waals surface area contributed by atoms with E-state index in [1.807, 2.05) is 29.3 Å². The molecule has 1 N–H and O–H groups in total. The van der Waals surface area contributed by atoms with Crippen molar-refractivity contribution in [2.45, 2.75) is 57.9 Å². The molecule has 0 aliphatic heterocycles. The number of aryl methyl sites for hydroxylation is 2. The van der Waals surface area contributed by atoms with E-state index in [0.29, 0.717) is 30.6 Å². The van der Waals surface area contributed by atoms with E-state index in [-0.39, 0.29) is 5.91 Å². The number of thioether (sulfide) groups is 1. The van der Waals surface area contributed by atoms with E-state index in [0.717, 1.165) is 30.1 Å². The Morgan fingerprint density at radius 1 is 1.36 bits per heavy atom. The van der Waals surface area contributed by atoms with Gasteiger partial charge in [0, 0.05) is 12.2 Å². The lowest BCUT2D eigenvalue weighted by Crippen LogP contribution is -2.29. The van der Waals surface area contributed by atoms with Crippen molar-refractivity contribution in [3.05, 3.63) is 23.3 Å². The van der Waals surface area contributed by atoms with Crippen LogP contribution in [0.3, 0.4) is 0 Å². The summed E-state index contributed by atoms with van der Waals surface area (Å²) < 4.78 is 3.86. The lowest BCUT2D eigenvalue weighted by atomic mass is 10.2. The van der Waals surface area contributed by atoms with Crippen LogP contribution in [-0.4, -0.2) is 48.2 Å². The Hall–Kier alpha value is -1.90. The third-order valence-electron chi connectivity index (χ3n) is 4.44. The molecule has 8 nitrogen and oxygen atoms in total. The number of carbonyl (C=O) groups is 1. The minimum Gasteiger partial charge on any atom is -0.354 e. The summed E-state index contributed by atoms with van der Waals surface area (Å²) in [7, 11) is 0. The first-order valence-corrected chi connectivity index (χ1v) is 9.91. The maximum absolute atomic E-state index is 12.0. The molecule has 1 amide bonds. The Labute approximate surface area is 151 Å². The van der Waals surface area contributed by atoms with Crippen LogP contribution in [0.5, 0.6) is 0 Å². The van der Waals surface area contributed by atoms with Crippen molar-refractivity contribution in [2.75, 3.05) is 12.3 Å². The molecular formula is C16H25N7OS. The largest absolute Gasteiger partial charge is 0.354 e. The average Bonchev–Trinajstić information content (AvgIpc) is 3.29. The summed E-state index contributed by atoms with van der Waals surface area (Å²) in [5, 5.41) is 19.4. The summed E-state index contributed by atoms with van der Waals surface area (Å²) in [6, 6.07) is 2.46. The smallest absolute Gasteiger partial charge is 0.230 e. The van der Waals surface area contributed by atoms with Gasteiger partial charge in [-0.2, -0.15) is 5.10 Å². The molecule has 0 unspecified atom stereocenters. The lowest BCUT2D eigenvalue weighted by Gasteiger charge is -2.11. The van der Waals surface area contributed by atoms with Crippen LogP contribution in [0, 0.1) is 13.8 Å². The molecule has 3 rings (SSSR count). The fraction of sp³-hybridized carbons (Fsp3) is 0.688. The van der Waals surface area contributed by atoms with Gasteiger partial charge in [-0.25, -0.2) is 4.68 Å². The zero-order valence-corrected chi connectivity index (χ0v) is 15.6. The van der Waals surface area contributed by atoms with E-state index in [9.17, 15) is 4.79 Å². The first-order chi connectivity index (χ1) is 12.1. The molecule has 136 valence electrons. The summed E-state index contributed by atoms with van der Waals surface area (Å²) >= 11 is 1.55. The van der Waals surface area contributed by atoms with Gasteiger partial charge in [-0.1, -0.05) is 12.8 Å². The van der Waals surface area contributed by atoms with Crippen LogP contribution in [-0.2, 0) is 17.1 Å². The highest BCUT2D eigenvalue weighted by molar-refractivity contribution is 7.99. The van der Waals surface area contributed by atoms with E-state index in [1.54, 1.807) is 11.8 Å². The lowest BCUT2D eigenvalue weighted by molar-refractivity contribution is -0.118. The van der Waals surface area contributed by atoms with Crippen molar-refractivity contribution < 1.29 is 4.79 Å². The summed E-state index contributed by atoms with van der Waals surface area (Å²) in [4.78, 5) is 12.0. The van der Waals surface area contributed by atoms with Crippen LogP contribution >= 0.6 is 11.8 Å². The van der Waals surface area contributed by atoms with Gasteiger partial charge in [-0.05, 0) is 43.2 Å². The third-order valence-corrected chi connectivity index (χ3v) is 5.37. The SMILES string of the molecule is Cc1cc(C)n(CCNC(=O)CSCc2nnnn2C2CCCC2)n1. The van der Waals surface area contributed by atoms with E-state index in [1.165, 1.54) is 12.8 Å². The van der Waals surface area contributed by atoms with Crippen LogP contribution in [0.2, 0.25) is 0 Å². The Balaban J connectivity index is 1.37. The van der Waals surface area contributed by atoms with Crippen molar-refractivity contribution in [3.8, 4) is 0 Å². The monoisotopic (exact) mass is 363 g/mol. The molecule has 0 saturated heterocycles. The standard InChI is InChI=1S/C16H25N7OS/c1-12-9-13(2)22(19-12)8-7-17-16(24)11-25-10-15-18-20-21-23(15)14-5-3-4-6-14/h9,14H,3-8,10-11H2,1-2H3,(H,17,24). The molecule has 1 saturated carbocycles. The minimum absolute atomic E-state index is 0.0337. The highest BCUT2D eigenvalue weighted by Crippen LogP contribution is 2.29. The second kappa shape index (κ2) is 8.46. The van der Waals surface area contributed by atoms with E-state index in [2.05, 4.69) is 25.9 Å². The van der Waals surface area contributed by atoms with Crippen molar-refractivity contribution in [2.24, 2.45) is 0 Å². The molecular weight excluding hydrogens is 338 g/mol. The number of nitrogens with one attached hydrogen (secondary N) is 1. The van der Waals surface area contributed by atoms with Gasteiger partial charge >= 0.3 is 0 Å². The Kier molecular flexibility index (Phi) is 6.06. The zero-order valence-electron chi connectivity index (χ0n) is 14.8. The fourth-order valence-corrected chi connectivity index (χ4v) is 3.99. The zero-order chi connectivity index (χ0) is 17.6. The second-order valence-corrected chi connectivity index (χ2v) is 7.46. The molecule has 0 aromatic carbocycles. The summed E-state index contributed by atoms with van der Waals surface area (Å²) in [5.74, 6) is 1.97. The average molecular weight is 363 g/mol. The molecule has 2 aromatic heterocycles. The van der Waals surface area contributed by atoms with Gasteiger partial charge in [0.05, 0.1) is 29.8 Å². The molecule has 0 radical (unpaired) electrons. The molecule has 0 spiro atoms. The summed E-state index contributed by atoms with van der Waals surface area (Å²) in [5.41, 5.74) is 2.11. The molecule has 0 bridgehead atoms. The normalized spacial score (nSPS) is 15.0. The topological polar surface area (TPSA) is 90.5 Å². The number of rotatable bonds is 8. The predicted octanol–water partition coefficient (Wildman–Crippen LogP) is 1.65. The van der Waals surface area contributed by atoms with Crippen LogP contribution in [0.25, 0.3) is 0 Å². The number of hydrogen-bond donors (Lipinski definition) is 1. The molecule has 25 heavy (non-hydrogen) atoms. The maximum atomic E-state index is 12.0. The van der Waals surface area contributed by atoms with E-state index >= 15 is 0 Å². The van der Waals surface area contributed by atoms with Crippen LogP contribution in [0.4, 0.5) is 0 Å². The van der Waals surface area contributed by atoms with Gasteiger partial charge in [0.2, 0.25) is 5.91 Å². The van der Waals surface area contributed by atoms with Gasteiger partial charge in [0.25, 0.3) is 0 Å². The van der Waals surface area contributed by atoms with Gasteiger partial charge in [0.15, 0.2) is 5.82 Å². The molecule has 2 heterocycles. The van der Waals surface area contributed by atoms with Crippen LogP contribution < -0.4 is 5.32 Å². The molecule has 2 aromatic rings. The Morgan fingerprint density at radius 2 is 2.16 bits per heavy atom. The Morgan fingerprint density at radius 3 is 2.88 bits per heavy atom. The highest BCUT2D eigenvalue weighted by Gasteiger charge is 2.21. The van der Waals surface area contributed by atoms with Crippen LogP contribution in [0.1, 0.15) is 48.9 Å². The first kappa shape index (κ1) is 17.9. The van der Waals surface area contributed by atoms with Crippen LogP contribution in [0.15, 0.2) is 6.07 Å². The summed E-state index contributed by atoms with van der Waals surface area (Å²) in [6.45, 7) is 5.27. The van der Waals surface area contributed by atoms with Gasteiger partial charge in [0.1, 0.15) is 0 Å². The predicted molar refractivity (Wildman–Crippen MR) is 96.2 cm³/mol. The number of tetrazole rings is 1. The Bertz CT molecular complexity index is 705. The molecule has 0 atom stereocenters. The van der Waals surface area contributed by atoms with E-state index < -0.39 is 0 Å². The molecule has 1 aliphatic carbocycles. The van der Waals surface area contributed by atoms with Gasteiger partial charge in [-0.3, -0.25) is 9.48 Å². The van der Waals surface area contributed by atoms with Crippen molar-refractivity contribution in [3.63, 3.8) is 0 Å². The molecule has 1 aliphatic rings. The summed E-state index contributed by atoms with van der Waals surface area (Å²) in [6.07, 6.45) is 4.79. The fourth-order valence-electron chi connectivity index (χ4n) is 3.23. The maximum Gasteiger partial charge on any atom is 0.230 e. The number of amides is 1. The third kappa shape index (κ3) is 4.81. The second-order valence-electron chi connectivity index (χ2n) is 6.47. The highest BCUT2D eigenvalue weighted by atomic mass is 32.2. The number of aromatic nitrogens is 6. The quantitative estimate of drug-likeness (QED) is 0.767. The van der Waals surface area contributed by atoms with Gasteiger partial charge < -0.3 is 5.32 Å². The van der Waals surface area contributed by atoms with Crippen molar-refractivity contribution in [1.82, 2.24) is 35.3 Å². The number of carbonyl (C=O) groups excluding carboxylic acids is 1. The van der Waals surface area contributed by atoms with Crippen molar-refractivity contribution >= 4 is 17.7 Å². The molecule has 9 heteroatoms. The minimum atomic E-state index is 0.0337. The number of nitrogens with zero attached hydrogens (tertiary/aromatic N) is 6. The van der Waals surface area contributed by atoms with Crippen molar-refractivity contribution in [1.29, 1.82) is 0 Å². The number of hydrogen-bond acceptors (Lipinski definition) is 6.